The van der Waals surface area contributed by atoms with Crippen molar-refractivity contribution in [3.8, 4) is 16.8 Å². The van der Waals surface area contributed by atoms with Crippen molar-refractivity contribution in [2.45, 2.75) is 12.3 Å². The van der Waals surface area contributed by atoms with Crippen molar-refractivity contribution >= 4 is 65.7 Å². The summed E-state index contributed by atoms with van der Waals surface area (Å²) in [4.78, 5) is 7.23. The molecule has 242 valence electrons. The smallest absolute Gasteiger partial charge is 0.137 e. The Balaban J connectivity index is 0.965. The summed E-state index contributed by atoms with van der Waals surface area (Å²) < 4.78 is 5.10. The lowest BCUT2D eigenvalue weighted by Crippen LogP contribution is -2.12. The Labute approximate surface area is 301 Å². The van der Waals surface area contributed by atoms with Gasteiger partial charge in [-0.1, -0.05) is 109 Å². The summed E-state index contributed by atoms with van der Waals surface area (Å²) >= 11 is 1.87. The zero-order valence-electron chi connectivity index (χ0n) is 27.9. The molecule has 1 aliphatic rings. The lowest BCUT2D eigenvalue weighted by atomic mass is 9.87. The summed E-state index contributed by atoms with van der Waals surface area (Å²) in [7, 11) is 0. The minimum atomic E-state index is 0.242. The normalized spacial score (nSPS) is 13.9. The van der Waals surface area contributed by atoms with Crippen LogP contribution in [-0.2, 0) is 6.42 Å². The third-order valence-electron chi connectivity index (χ3n) is 10.2. The molecule has 3 nitrogen and oxygen atoms in total. The Morgan fingerprint density at radius 1 is 0.588 bits per heavy atom. The number of benzene rings is 6. The van der Waals surface area contributed by atoms with E-state index in [1.807, 2.05) is 23.5 Å². The van der Waals surface area contributed by atoms with E-state index in [-0.39, 0.29) is 5.92 Å². The molecular weight excluding hydrogens is 639 g/mol. The molecule has 0 bridgehead atoms. The van der Waals surface area contributed by atoms with E-state index in [0.717, 1.165) is 23.6 Å². The van der Waals surface area contributed by atoms with Crippen LogP contribution in [0.4, 0.5) is 17.2 Å². The molecule has 0 N–H and O–H groups in total. The van der Waals surface area contributed by atoms with Gasteiger partial charge >= 0.3 is 0 Å². The van der Waals surface area contributed by atoms with Crippen LogP contribution in [0.3, 0.4) is 0 Å². The number of hydrogen-bond donors (Lipinski definition) is 0. The van der Waals surface area contributed by atoms with Crippen LogP contribution in [0.2, 0.25) is 0 Å². The Bertz CT molecular complexity index is 2670. The number of fused-ring (bicyclic) bond motifs is 6. The summed E-state index contributed by atoms with van der Waals surface area (Å²) in [5, 5.41) is 3.98. The van der Waals surface area contributed by atoms with Gasteiger partial charge in [0.1, 0.15) is 5.82 Å². The molecular formula is C47H33N3S. The fraction of sp³-hybridized carbons (Fsp3) is 0.0426. The van der Waals surface area contributed by atoms with Gasteiger partial charge in [0.25, 0.3) is 0 Å². The van der Waals surface area contributed by atoms with Crippen molar-refractivity contribution in [2.24, 2.45) is 0 Å². The fourth-order valence-corrected chi connectivity index (χ4v) is 8.89. The molecule has 1 aliphatic carbocycles. The highest BCUT2D eigenvalue weighted by Crippen LogP contribution is 2.40. The molecule has 0 saturated carbocycles. The molecule has 1 atom stereocenters. The maximum absolute atomic E-state index is 5.03. The minimum absolute atomic E-state index is 0.242. The number of pyridine rings is 1. The highest BCUT2D eigenvalue weighted by molar-refractivity contribution is 7.25. The topological polar surface area (TPSA) is 21.1 Å². The number of rotatable bonds is 6. The first-order valence-electron chi connectivity index (χ1n) is 17.5. The Morgan fingerprint density at radius 3 is 2.00 bits per heavy atom. The number of para-hydroxylation sites is 3. The maximum atomic E-state index is 5.03. The zero-order chi connectivity index (χ0) is 33.7. The van der Waals surface area contributed by atoms with Crippen molar-refractivity contribution in [3.05, 3.63) is 193 Å². The summed E-state index contributed by atoms with van der Waals surface area (Å²) in [5.41, 5.74) is 10.9. The molecule has 10 rings (SSSR count). The van der Waals surface area contributed by atoms with Gasteiger partial charge in [0, 0.05) is 60.4 Å². The van der Waals surface area contributed by atoms with Crippen molar-refractivity contribution in [1.82, 2.24) is 9.55 Å². The number of allylic oxidation sites excluding steroid dienone is 1. The monoisotopic (exact) mass is 671 g/mol. The molecule has 0 aliphatic heterocycles. The lowest BCUT2D eigenvalue weighted by molar-refractivity contribution is 0.819. The SMILES string of the molecule is C1=CC(c2ccc(N(c3ccccc3)c3ccccc3)nc2)Cc2c1n(-c1ccc(-c3ccc4c(c3)sc3ccccc34)cc1)c1ccccc21. The van der Waals surface area contributed by atoms with Gasteiger partial charge in [0.05, 0.1) is 5.52 Å². The van der Waals surface area contributed by atoms with Crippen molar-refractivity contribution < 1.29 is 0 Å². The third kappa shape index (κ3) is 5.15. The number of thiophene rings is 1. The van der Waals surface area contributed by atoms with E-state index in [4.69, 9.17) is 4.98 Å². The van der Waals surface area contributed by atoms with Gasteiger partial charge in [-0.15, -0.1) is 11.3 Å². The van der Waals surface area contributed by atoms with E-state index in [9.17, 15) is 0 Å². The molecule has 3 heterocycles. The average Bonchev–Trinajstić information content (AvgIpc) is 3.74. The second kappa shape index (κ2) is 12.3. The highest BCUT2D eigenvalue weighted by Gasteiger charge is 2.24. The van der Waals surface area contributed by atoms with Crippen LogP contribution in [0, 0.1) is 0 Å². The van der Waals surface area contributed by atoms with Gasteiger partial charge in [-0.25, -0.2) is 4.98 Å². The lowest BCUT2D eigenvalue weighted by Gasteiger charge is -2.25. The molecule has 0 saturated heterocycles. The highest BCUT2D eigenvalue weighted by atomic mass is 32.1. The first kappa shape index (κ1) is 29.7. The van der Waals surface area contributed by atoms with Crippen LogP contribution >= 0.6 is 11.3 Å². The summed E-state index contributed by atoms with van der Waals surface area (Å²) in [6, 6.07) is 58.7. The molecule has 9 aromatic rings. The fourth-order valence-electron chi connectivity index (χ4n) is 7.74. The summed E-state index contributed by atoms with van der Waals surface area (Å²) in [6.45, 7) is 0. The second-order valence-electron chi connectivity index (χ2n) is 13.2. The van der Waals surface area contributed by atoms with Crippen LogP contribution in [0.25, 0.3) is 54.0 Å². The van der Waals surface area contributed by atoms with Crippen LogP contribution in [0.1, 0.15) is 22.7 Å². The standard InChI is InChI=1S/C47H33N3S/c1-3-11-36(12-4-1)49(37-13-5-2-6-14-37)47-28-23-35(31-48-47)33-22-27-44-42(29-33)39-15-7-9-17-43(39)50(44)38-24-19-32(20-25-38)34-21-26-41-40-16-8-10-18-45(40)51-46(41)30-34/h1-28,30-31,33H,29H2. The Morgan fingerprint density at radius 2 is 1.25 bits per heavy atom. The van der Waals surface area contributed by atoms with Crippen LogP contribution in [0.15, 0.2) is 176 Å². The van der Waals surface area contributed by atoms with Gasteiger partial charge in [-0.3, -0.25) is 4.90 Å². The van der Waals surface area contributed by atoms with Crippen LogP contribution in [0.5, 0.6) is 0 Å². The number of hydrogen-bond acceptors (Lipinski definition) is 3. The first-order chi connectivity index (χ1) is 25.3. The maximum Gasteiger partial charge on any atom is 0.137 e. The second-order valence-corrected chi connectivity index (χ2v) is 14.3. The molecule has 4 heteroatoms. The predicted molar refractivity (Wildman–Crippen MR) is 216 cm³/mol. The van der Waals surface area contributed by atoms with Crippen LogP contribution in [-0.4, -0.2) is 9.55 Å². The summed E-state index contributed by atoms with van der Waals surface area (Å²) in [5.74, 6) is 1.15. The van der Waals surface area contributed by atoms with Gasteiger partial charge < -0.3 is 4.57 Å². The van der Waals surface area contributed by atoms with E-state index in [1.54, 1.807) is 0 Å². The predicted octanol–water partition coefficient (Wildman–Crippen LogP) is 12.9. The van der Waals surface area contributed by atoms with Crippen molar-refractivity contribution in [3.63, 3.8) is 0 Å². The summed E-state index contributed by atoms with van der Waals surface area (Å²) in [6.07, 6.45) is 7.66. The number of anilines is 3. The van der Waals surface area contributed by atoms with Gasteiger partial charge in [-0.2, -0.15) is 0 Å². The van der Waals surface area contributed by atoms with Gasteiger partial charge in [-0.05, 0) is 95.4 Å². The molecule has 51 heavy (non-hydrogen) atoms. The number of aromatic nitrogens is 2. The van der Waals surface area contributed by atoms with E-state index >= 15 is 0 Å². The van der Waals surface area contributed by atoms with Crippen molar-refractivity contribution in [2.75, 3.05) is 4.90 Å². The van der Waals surface area contributed by atoms with E-state index in [2.05, 4.69) is 179 Å². The molecule has 3 aromatic heterocycles. The first-order valence-corrected chi connectivity index (χ1v) is 18.3. The third-order valence-corrected chi connectivity index (χ3v) is 11.4. The zero-order valence-corrected chi connectivity index (χ0v) is 28.7. The average molecular weight is 672 g/mol. The van der Waals surface area contributed by atoms with E-state index in [1.165, 1.54) is 64.7 Å². The number of nitrogens with zero attached hydrogens (tertiary/aromatic N) is 3. The van der Waals surface area contributed by atoms with Crippen molar-refractivity contribution in [1.29, 1.82) is 0 Å². The van der Waals surface area contributed by atoms with Gasteiger partial charge in [0.2, 0.25) is 0 Å². The molecule has 0 amide bonds. The Kier molecular flexibility index (Phi) is 7.14. The van der Waals surface area contributed by atoms with E-state index in [0.29, 0.717) is 0 Å². The molecule has 0 fully saturated rings. The quantitative estimate of drug-likeness (QED) is 0.175. The van der Waals surface area contributed by atoms with Gasteiger partial charge in [0.15, 0.2) is 0 Å². The molecule has 6 aromatic carbocycles. The largest absolute Gasteiger partial charge is 0.310 e. The Hall–Kier alpha value is -6.23. The van der Waals surface area contributed by atoms with E-state index < -0.39 is 0 Å². The molecule has 1 unspecified atom stereocenters. The molecule has 0 spiro atoms. The molecule has 0 radical (unpaired) electrons. The van der Waals surface area contributed by atoms with Crippen LogP contribution < -0.4 is 4.90 Å². The minimum Gasteiger partial charge on any atom is -0.310 e.